The van der Waals surface area contributed by atoms with E-state index in [9.17, 15) is 48.9 Å². The second-order valence-corrected chi connectivity index (χ2v) is 42.6. The van der Waals surface area contributed by atoms with Crippen molar-refractivity contribution in [2.45, 2.75) is 768 Å². The van der Waals surface area contributed by atoms with Crippen molar-refractivity contribution in [1.29, 1.82) is 0 Å². The average molecular weight is 2070 g/mol. The zero-order chi connectivity index (χ0) is 104. The van der Waals surface area contributed by atoms with Gasteiger partial charge in [0.1, 0.15) is 0 Å². The van der Waals surface area contributed by atoms with Crippen LogP contribution in [0, 0.1) is 0 Å². The predicted octanol–water partition coefficient (Wildman–Crippen LogP) is 38.6. The Morgan fingerprint density at radius 3 is 0.238 bits per heavy atom. The summed E-state index contributed by atoms with van der Waals surface area (Å²) in [6.07, 6.45) is 140. The van der Waals surface area contributed by atoms with Crippen LogP contribution >= 0.6 is 0 Å². The molecule has 0 aliphatic carbocycles. The van der Waals surface area contributed by atoms with E-state index in [1.54, 1.807) is 0 Å². The molecule has 0 aliphatic rings. The van der Waals surface area contributed by atoms with Gasteiger partial charge in [0.05, 0.1) is 0 Å². The van der Waals surface area contributed by atoms with Gasteiger partial charge in [-0.25, -0.2) is 0 Å². The third-order valence-electron chi connectivity index (χ3n) is 27.9. The molecule has 0 aromatic heterocycles. The van der Waals surface area contributed by atoms with E-state index in [1.165, 1.54) is 584 Å². The molecule has 0 saturated carbocycles. The van der Waals surface area contributed by atoms with Crippen molar-refractivity contribution in [3.05, 3.63) is 0 Å². The predicted molar refractivity (Wildman–Crippen MR) is 622 cm³/mol. The molecule has 0 aromatic rings. The van der Waals surface area contributed by atoms with Crippen molar-refractivity contribution in [2.24, 2.45) is 0 Å². The third-order valence-corrected chi connectivity index (χ3v) is 27.9. The van der Waals surface area contributed by atoms with Gasteiger partial charge in [-0.2, -0.15) is 0 Å². The van der Waals surface area contributed by atoms with E-state index in [0.29, 0.717) is 25.7 Å². The van der Waals surface area contributed by atoms with Crippen LogP contribution in [0.15, 0.2) is 0 Å². The molecule has 0 fully saturated rings. The molecule has 0 atom stereocenters. The maximum atomic E-state index is 10.3. The monoisotopic (exact) mass is 2070 g/mol. The van der Waals surface area contributed by atoms with Crippen molar-refractivity contribution < 1.29 is 74.0 Å². The quantitative estimate of drug-likeness (QED) is 0.0326. The van der Waals surface area contributed by atoms with E-state index in [-0.39, 0.29) is 52.3 Å². The van der Waals surface area contributed by atoms with Crippen LogP contribution in [-0.4, -0.2) is 90.5 Å². The Hall–Kier alpha value is -3.03. The molecule has 0 heterocycles. The van der Waals surface area contributed by atoms with Gasteiger partial charge in [-0.05, 0) is 75.2 Å². The number of carboxylic acid groups (broad SMARTS) is 7. The molecule has 0 bridgehead atoms. The van der Waals surface area contributed by atoms with E-state index in [2.05, 4.69) is 48.5 Å². The van der Waals surface area contributed by atoms with Crippen LogP contribution < -0.4 is 15.3 Å². The number of rotatable bonds is 112. The first kappa shape index (κ1) is 160. The minimum absolute atomic E-state index is 0. The maximum absolute atomic E-state index is 10.3. The van der Waals surface area contributed by atoms with Crippen LogP contribution in [0.25, 0.3) is 0 Å². The molecule has 143 heavy (non-hydrogen) atoms. The van der Waals surface area contributed by atoms with E-state index in [1.807, 2.05) is 0 Å². The van der Waals surface area contributed by atoms with Gasteiger partial charge in [-0.15, -0.1) is 0 Å². The van der Waals surface area contributed by atoms with Gasteiger partial charge < -0.3 is 50.1 Å². The molecule has 0 spiro atoms. The molecule has 0 radical (unpaired) electrons. The van der Waals surface area contributed by atoms with Gasteiger partial charge in [0.2, 0.25) is 0 Å². The molecule has 856 valence electrons. The van der Waals surface area contributed by atoms with Crippen molar-refractivity contribution in [1.82, 2.24) is 0 Å². The molecule has 0 saturated heterocycles. The summed E-state index contributed by atoms with van der Waals surface area (Å²) in [6.45, 7) is 15.9. The zero-order valence-electron chi connectivity index (χ0n) is 96.6. The van der Waals surface area contributed by atoms with E-state index in [0.717, 1.165) is 89.9 Å². The number of unbranched alkanes of at least 4 members (excludes halogenated alkanes) is 98. The van der Waals surface area contributed by atoms with Crippen molar-refractivity contribution in [3.63, 3.8) is 0 Å². The van der Waals surface area contributed by atoms with Crippen LogP contribution in [0.5, 0.6) is 0 Å². The smallest absolute Gasteiger partial charge is 0.550 e. The second-order valence-electron chi connectivity index (χ2n) is 42.6. The third kappa shape index (κ3) is 194. The molecule has 0 rings (SSSR count). The summed E-state index contributed by atoms with van der Waals surface area (Å²) >= 11 is 0. The minimum Gasteiger partial charge on any atom is -0.550 e. The van der Waals surface area contributed by atoms with Gasteiger partial charge in [-0.1, -0.05) is 678 Å². The standard InChI is InChI=1S/7C18H36O2.Al.FH.H4Si/c7*1-2-3-4-5-6-7-8-9-10-11-12-13-14-15-16-17-18(19)20;;;/h7*2-17H2,1H3,(H,19,20);;1H;1H4/q;;;;;;;+3;;/p-3. The van der Waals surface area contributed by atoms with Crippen LogP contribution in [0.4, 0.5) is 4.70 Å². The number of carbonyl (C=O) groups is 7. The fourth-order valence-electron chi connectivity index (χ4n) is 18.5. The molecule has 14 nitrogen and oxygen atoms in total. The van der Waals surface area contributed by atoms with Crippen LogP contribution in [0.2, 0.25) is 0 Å². The molecule has 0 unspecified atom stereocenters. The Morgan fingerprint density at radius 1 is 0.126 bits per heavy atom. The van der Waals surface area contributed by atoms with Gasteiger partial charge in [0.25, 0.3) is 0 Å². The van der Waals surface area contributed by atoms with Crippen LogP contribution in [-0.2, 0) is 33.6 Å². The Bertz CT molecular complexity index is 1870. The molecule has 17 heteroatoms. The summed E-state index contributed by atoms with van der Waals surface area (Å²) in [5, 5.41) is 64.7. The fourth-order valence-corrected chi connectivity index (χ4v) is 18.5. The number of aliphatic carboxylic acids is 7. The minimum atomic E-state index is -0.903. The first-order valence-electron chi connectivity index (χ1n) is 62.9. The zero-order valence-corrected chi connectivity index (χ0v) is 97.7. The summed E-state index contributed by atoms with van der Waals surface area (Å²) in [5.41, 5.74) is 0. The molecule has 0 aliphatic heterocycles. The first-order valence-corrected chi connectivity index (χ1v) is 62.9. The van der Waals surface area contributed by atoms with Crippen LogP contribution in [0.3, 0.4) is 0 Å². The Labute approximate surface area is 905 Å². The first-order chi connectivity index (χ1) is 68.4. The van der Waals surface area contributed by atoms with Gasteiger partial charge in [0.15, 0.2) is 0 Å². The Morgan fingerprint density at radius 2 is 0.182 bits per heavy atom. The number of carbonyl (C=O) groups excluding carboxylic acids is 3. The summed E-state index contributed by atoms with van der Waals surface area (Å²) in [7, 11) is 0. The van der Waals surface area contributed by atoms with E-state index >= 15 is 0 Å². The molecule has 4 N–H and O–H groups in total. The average Bonchev–Trinajstić information content (AvgIpc) is 1.11. The molecular formula is C126H254AlFO14Si. The number of halogens is 1. The number of carboxylic acids is 7. The maximum Gasteiger partial charge on any atom is 3.00 e. The van der Waals surface area contributed by atoms with E-state index < -0.39 is 41.8 Å². The molecule has 0 aromatic carbocycles. The van der Waals surface area contributed by atoms with E-state index in [4.69, 9.17) is 20.4 Å². The number of hydrogen-bond donors (Lipinski definition) is 4. The van der Waals surface area contributed by atoms with Gasteiger partial charge >= 0.3 is 41.2 Å². The van der Waals surface area contributed by atoms with Gasteiger partial charge in [0, 0.05) is 43.6 Å². The fraction of sp³-hybridized carbons (Fsp3) is 0.944. The van der Waals surface area contributed by atoms with Crippen molar-refractivity contribution in [3.8, 4) is 0 Å². The van der Waals surface area contributed by atoms with Crippen molar-refractivity contribution >= 4 is 70.1 Å². The SMILES string of the molecule is CCCCCCCCCCCCCCCCCC(=O)O.CCCCCCCCCCCCCCCCCC(=O)O.CCCCCCCCCCCCCCCCCC(=O)O.CCCCCCCCCCCCCCCCCC(=O)O.CCCCCCCCCCCCCCCCCC(=O)[O-].CCCCCCCCCCCCCCCCCC(=O)[O-].CCCCCCCCCCCCCCCCCC(=O)[O-].F.[Al+3].[SiH4]. The molecular weight excluding hydrogens is 1810 g/mol. The summed E-state index contributed by atoms with van der Waals surface area (Å²) in [6, 6.07) is 0. The Balaban J connectivity index is -0.000000180. The summed E-state index contributed by atoms with van der Waals surface area (Å²) in [5.74, 6) is -5.32. The van der Waals surface area contributed by atoms with Crippen molar-refractivity contribution in [2.75, 3.05) is 0 Å². The largest absolute Gasteiger partial charge is 3.00 e. The summed E-state index contributed by atoms with van der Waals surface area (Å²) < 4.78 is 0. The summed E-state index contributed by atoms with van der Waals surface area (Å²) in [4.78, 5) is 72.0. The van der Waals surface area contributed by atoms with Gasteiger partial charge in [-0.3, -0.25) is 23.9 Å². The molecule has 0 amide bonds. The normalized spacial score (nSPS) is 10.6. The number of hydrogen-bond acceptors (Lipinski definition) is 10. The topological polar surface area (TPSA) is 270 Å². The van der Waals surface area contributed by atoms with Crippen LogP contribution in [0.1, 0.15) is 768 Å². The second kappa shape index (κ2) is 157. The Kier molecular flexibility index (Phi) is 175.